The summed E-state index contributed by atoms with van der Waals surface area (Å²) in [4.78, 5) is 7.00. The van der Waals surface area contributed by atoms with Crippen LogP contribution in [0, 0.1) is 32.1 Å². The minimum atomic E-state index is 0.310. The van der Waals surface area contributed by atoms with Crippen molar-refractivity contribution in [1.82, 2.24) is 9.97 Å². The topological polar surface area (TPSA) is 61.7 Å². The Morgan fingerprint density at radius 3 is 2.56 bits per heavy atom. The number of rotatable bonds is 2. The molecular formula is C14H15N3O. The van der Waals surface area contributed by atoms with Crippen LogP contribution in [-0.4, -0.2) is 17.1 Å². The van der Waals surface area contributed by atoms with Gasteiger partial charge in [0.15, 0.2) is 0 Å². The highest BCUT2D eigenvalue weighted by atomic mass is 16.5. The van der Waals surface area contributed by atoms with Crippen LogP contribution in [0.4, 0.5) is 0 Å². The van der Waals surface area contributed by atoms with Gasteiger partial charge < -0.3 is 9.72 Å². The van der Waals surface area contributed by atoms with Crippen molar-refractivity contribution in [3.8, 4) is 23.1 Å². The molecule has 0 aliphatic rings. The Morgan fingerprint density at radius 1 is 1.28 bits per heavy atom. The van der Waals surface area contributed by atoms with Gasteiger partial charge in [-0.05, 0) is 37.5 Å². The van der Waals surface area contributed by atoms with E-state index in [0.717, 1.165) is 28.1 Å². The molecule has 1 N–H and O–H groups in total. The van der Waals surface area contributed by atoms with E-state index in [1.165, 1.54) is 5.56 Å². The molecule has 0 spiro atoms. The maximum absolute atomic E-state index is 8.82. The Morgan fingerprint density at radius 2 is 2.00 bits per heavy atom. The van der Waals surface area contributed by atoms with E-state index in [-0.39, 0.29) is 0 Å². The number of benzene rings is 1. The Kier molecular flexibility index (Phi) is 3.07. The highest BCUT2D eigenvalue weighted by Crippen LogP contribution is 2.36. The van der Waals surface area contributed by atoms with Crippen molar-refractivity contribution < 1.29 is 4.74 Å². The summed E-state index contributed by atoms with van der Waals surface area (Å²) >= 11 is 0. The molecule has 1 aromatic carbocycles. The lowest BCUT2D eigenvalue weighted by Gasteiger charge is -2.15. The van der Waals surface area contributed by atoms with E-state index < -0.39 is 0 Å². The molecule has 18 heavy (non-hydrogen) atoms. The average molecular weight is 241 g/mol. The van der Waals surface area contributed by atoms with Crippen LogP contribution in [0.3, 0.4) is 0 Å². The third-order valence-electron chi connectivity index (χ3n) is 3.14. The van der Waals surface area contributed by atoms with Crippen molar-refractivity contribution in [2.24, 2.45) is 0 Å². The van der Waals surface area contributed by atoms with Crippen LogP contribution in [0.5, 0.6) is 5.75 Å². The molecule has 0 amide bonds. The molecule has 0 bridgehead atoms. The highest BCUT2D eigenvalue weighted by molar-refractivity contribution is 5.73. The normalized spacial score (nSPS) is 10.2. The molecule has 4 heteroatoms. The summed E-state index contributed by atoms with van der Waals surface area (Å²) in [5, 5.41) is 8.82. The van der Waals surface area contributed by atoms with Gasteiger partial charge in [0, 0.05) is 5.56 Å². The number of aromatic nitrogens is 2. The zero-order chi connectivity index (χ0) is 13.3. The highest BCUT2D eigenvalue weighted by Gasteiger charge is 2.15. The standard InChI is InChI=1S/C14H15N3O/c1-8-5-9(2)13(14(18-4)10(8)3)11-7-16-12(6-15)17-11/h5,7H,1-4H3,(H,16,17). The quantitative estimate of drug-likeness (QED) is 0.879. The molecule has 0 aliphatic heterocycles. The number of aryl methyl sites for hydroxylation is 2. The number of nitriles is 1. The molecule has 1 aromatic heterocycles. The fourth-order valence-electron chi connectivity index (χ4n) is 2.15. The number of aromatic amines is 1. The lowest BCUT2D eigenvalue weighted by molar-refractivity contribution is 0.412. The zero-order valence-corrected chi connectivity index (χ0v) is 11.0. The number of hydrogen-bond donors (Lipinski definition) is 1. The van der Waals surface area contributed by atoms with Crippen LogP contribution in [0.1, 0.15) is 22.5 Å². The summed E-state index contributed by atoms with van der Waals surface area (Å²) in [7, 11) is 1.66. The number of hydrogen-bond acceptors (Lipinski definition) is 3. The molecule has 4 nitrogen and oxygen atoms in total. The van der Waals surface area contributed by atoms with E-state index in [0.29, 0.717) is 5.82 Å². The fourth-order valence-corrected chi connectivity index (χ4v) is 2.15. The van der Waals surface area contributed by atoms with Crippen LogP contribution in [0.2, 0.25) is 0 Å². The molecule has 0 fully saturated rings. The SMILES string of the molecule is COc1c(C)c(C)cc(C)c1-c1cnc(C#N)[nH]1. The predicted octanol–water partition coefficient (Wildman–Crippen LogP) is 2.88. The lowest BCUT2D eigenvalue weighted by atomic mass is 9.97. The van der Waals surface area contributed by atoms with E-state index in [9.17, 15) is 0 Å². The Hall–Kier alpha value is -2.28. The molecule has 0 radical (unpaired) electrons. The third kappa shape index (κ3) is 1.84. The van der Waals surface area contributed by atoms with Gasteiger partial charge in [0.1, 0.15) is 11.8 Å². The van der Waals surface area contributed by atoms with Gasteiger partial charge in [-0.3, -0.25) is 0 Å². The first-order valence-corrected chi connectivity index (χ1v) is 5.68. The zero-order valence-electron chi connectivity index (χ0n) is 11.0. The molecule has 0 aliphatic carbocycles. The number of methoxy groups -OCH3 is 1. The van der Waals surface area contributed by atoms with Crippen molar-refractivity contribution in [2.75, 3.05) is 7.11 Å². The predicted molar refractivity (Wildman–Crippen MR) is 69.5 cm³/mol. The summed E-state index contributed by atoms with van der Waals surface area (Å²) in [6.45, 7) is 6.11. The van der Waals surface area contributed by atoms with E-state index in [1.807, 2.05) is 19.9 Å². The van der Waals surface area contributed by atoms with Crippen molar-refractivity contribution in [3.05, 3.63) is 34.8 Å². The van der Waals surface area contributed by atoms with Gasteiger partial charge in [-0.1, -0.05) is 6.07 Å². The molecule has 0 saturated heterocycles. The first-order valence-electron chi connectivity index (χ1n) is 5.68. The van der Waals surface area contributed by atoms with E-state index in [2.05, 4.69) is 23.0 Å². The Balaban J connectivity index is 2.70. The number of nitrogens with zero attached hydrogens (tertiary/aromatic N) is 2. The van der Waals surface area contributed by atoms with Crippen molar-refractivity contribution in [2.45, 2.75) is 20.8 Å². The van der Waals surface area contributed by atoms with E-state index >= 15 is 0 Å². The van der Waals surface area contributed by atoms with Gasteiger partial charge >= 0.3 is 0 Å². The van der Waals surface area contributed by atoms with Crippen molar-refractivity contribution in [3.63, 3.8) is 0 Å². The monoisotopic (exact) mass is 241 g/mol. The second kappa shape index (κ2) is 4.53. The second-order valence-corrected chi connectivity index (χ2v) is 4.30. The van der Waals surface area contributed by atoms with Crippen LogP contribution in [-0.2, 0) is 0 Å². The van der Waals surface area contributed by atoms with Crippen molar-refractivity contribution in [1.29, 1.82) is 5.26 Å². The summed E-state index contributed by atoms with van der Waals surface area (Å²) in [5.41, 5.74) is 5.17. The van der Waals surface area contributed by atoms with Crippen LogP contribution in [0.25, 0.3) is 11.3 Å². The number of H-pyrrole nitrogens is 1. The fraction of sp³-hybridized carbons (Fsp3) is 0.286. The number of imidazole rings is 1. The van der Waals surface area contributed by atoms with Crippen molar-refractivity contribution >= 4 is 0 Å². The molecule has 0 saturated carbocycles. The molecule has 2 rings (SSSR count). The van der Waals surface area contributed by atoms with E-state index in [1.54, 1.807) is 13.3 Å². The minimum absolute atomic E-state index is 0.310. The lowest BCUT2D eigenvalue weighted by Crippen LogP contribution is -1.97. The smallest absolute Gasteiger partial charge is 0.210 e. The van der Waals surface area contributed by atoms with Gasteiger partial charge in [-0.2, -0.15) is 5.26 Å². The maximum atomic E-state index is 8.82. The second-order valence-electron chi connectivity index (χ2n) is 4.30. The Labute approximate surface area is 106 Å². The maximum Gasteiger partial charge on any atom is 0.210 e. The molecular weight excluding hydrogens is 226 g/mol. The van der Waals surface area contributed by atoms with Gasteiger partial charge in [0.25, 0.3) is 0 Å². The van der Waals surface area contributed by atoms with Crippen LogP contribution >= 0.6 is 0 Å². The summed E-state index contributed by atoms with van der Waals surface area (Å²) in [6.07, 6.45) is 1.66. The summed E-state index contributed by atoms with van der Waals surface area (Å²) < 4.78 is 5.50. The number of nitrogens with one attached hydrogen (secondary N) is 1. The van der Waals surface area contributed by atoms with Crippen LogP contribution < -0.4 is 4.74 Å². The summed E-state index contributed by atoms with van der Waals surface area (Å²) in [5.74, 6) is 1.14. The van der Waals surface area contributed by atoms with Gasteiger partial charge in [-0.15, -0.1) is 0 Å². The molecule has 0 atom stereocenters. The molecule has 1 heterocycles. The summed E-state index contributed by atoms with van der Waals surface area (Å²) in [6, 6.07) is 4.10. The molecule has 0 unspecified atom stereocenters. The third-order valence-corrected chi connectivity index (χ3v) is 3.14. The van der Waals surface area contributed by atoms with E-state index in [4.69, 9.17) is 10.00 Å². The first kappa shape index (κ1) is 12.2. The van der Waals surface area contributed by atoms with Gasteiger partial charge in [0.2, 0.25) is 5.82 Å². The number of ether oxygens (including phenoxy) is 1. The molecule has 92 valence electrons. The molecule has 2 aromatic rings. The van der Waals surface area contributed by atoms with Gasteiger partial charge in [-0.25, -0.2) is 4.98 Å². The first-order chi connectivity index (χ1) is 8.58. The van der Waals surface area contributed by atoms with Gasteiger partial charge in [0.05, 0.1) is 19.0 Å². The largest absolute Gasteiger partial charge is 0.496 e. The Bertz CT molecular complexity index is 635. The average Bonchev–Trinajstić information content (AvgIpc) is 2.81. The van der Waals surface area contributed by atoms with Crippen LogP contribution in [0.15, 0.2) is 12.3 Å². The minimum Gasteiger partial charge on any atom is -0.496 e.